The van der Waals surface area contributed by atoms with Crippen molar-refractivity contribution in [2.75, 3.05) is 20.8 Å². The van der Waals surface area contributed by atoms with Gasteiger partial charge in [0.2, 0.25) is 0 Å². The quantitative estimate of drug-likeness (QED) is 0.572. The molecule has 2 rings (SSSR count). The molecule has 0 heterocycles. The van der Waals surface area contributed by atoms with Gasteiger partial charge in [-0.1, -0.05) is 18.2 Å². The van der Waals surface area contributed by atoms with Crippen LogP contribution in [0.1, 0.15) is 22.8 Å². The van der Waals surface area contributed by atoms with Crippen LogP contribution in [-0.4, -0.2) is 26.6 Å². The molecule has 0 aliphatic heterocycles. The second-order valence-electron chi connectivity index (χ2n) is 4.77. The number of methoxy groups -OCH3 is 2. The molecule has 0 fully saturated rings. The van der Waals surface area contributed by atoms with Gasteiger partial charge < -0.3 is 14.2 Å². The minimum Gasteiger partial charge on any atom is -0.494 e. The summed E-state index contributed by atoms with van der Waals surface area (Å²) in [6.45, 7) is 2.57. The van der Waals surface area contributed by atoms with Crippen molar-refractivity contribution >= 4 is 11.9 Å². The second kappa shape index (κ2) is 8.03. The second-order valence-corrected chi connectivity index (χ2v) is 4.77. The van der Waals surface area contributed by atoms with E-state index >= 15 is 0 Å². The van der Waals surface area contributed by atoms with Gasteiger partial charge in [-0.3, -0.25) is 4.79 Å². The molecule has 0 aromatic heterocycles. The molecule has 4 nitrogen and oxygen atoms in total. The summed E-state index contributed by atoms with van der Waals surface area (Å²) >= 11 is 0. The van der Waals surface area contributed by atoms with Crippen molar-refractivity contribution in [3.05, 3.63) is 59.7 Å². The monoisotopic (exact) mass is 312 g/mol. The van der Waals surface area contributed by atoms with Crippen molar-refractivity contribution in [1.82, 2.24) is 0 Å². The first kappa shape index (κ1) is 16.6. The van der Waals surface area contributed by atoms with E-state index in [9.17, 15) is 4.79 Å². The lowest BCUT2D eigenvalue weighted by Crippen LogP contribution is -1.97. The molecule has 0 unspecified atom stereocenters. The first-order chi connectivity index (χ1) is 11.2. The first-order valence-corrected chi connectivity index (χ1v) is 7.35. The molecule has 0 atom stereocenters. The Labute approximate surface area is 136 Å². The summed E-state index contributed by atoms with van der Waals surface area (Å²) < 4.78 is 15.8. The molecule has 120 valence electrons. The number of carbonyl (C=O) groups is 1. The van der Waals surface area contributed by atoms with E-state index in [1.807, 2.05) is 31.2 Å². The normalized spacial score (nSPS) is 10.6. The molecular formula is C19H20O4. The lowest BCUT2D eigenvalue weighted by Gasteiger charge is -2.08. The Hall–Kier alpha value is -2.75. The maximum Gasteiger partial charge on any atom is 0.185 e. The van der Waals surface area contributed by atoms with Crippen molar-refractivity contribution in [2.24, 2.45) is 0 Å². The highest BCUT2D eigenvalue weighted by molar-refractivity contribution is 6.07. The third-order valence-electron chi connectivity index (χ3n) is 3.29. The minimum absolute atomic E-state index is 0.0974. The van der Waals surface area contributed by atoms with Gasteiger partial charge in [-0.25, -0.2) is 0 Å². The highest BCUT2D eigenvalue weighted by Crippen LogP contribution is 2.27. The van der Waals surface area contributed by atoms with E-state index in [4.69, 9.17) is 14.2 Å². The smallest absolute Gasteiger partial charge is 0.185 e. The number of ketones is 1. The van der Waals surface area contributed by atoms with Crippen molar-refractivity contribution in [1.29, 1.82) is 0 Å². The summed E-state index contributed by atoms with van der Waals surface area (Å²) in [7, 11) is 3.10. The molecule has 0 bridgehead atoms. The summed E-state index contributed by atoms with van der Waals surface area (Å²) in [5.41, 5.74) is 1.48. The molecule has 0 aliphatic carbocycles. The average molecular weight is 312 g/mol. The standard InChI is InChI=1S/C19H20O4/c1-4-23-16-9-5-14(6-10-16)7-11-17(20)15-8-12-18(21-2)19(13-15)22-3/h5-13H,4H2,1-3H3/b11-7+. The van der Waals surface area contributed by atoms with Gasteiger partial charge in [-0.2, -0.15) is 0 Å². The fraction of sp³-hybridized carbons (Fsp3) is 0.211. The SMILES string of the molecule is CCOc1ccc(/C=C/C(=O)c2ccc(OC)c(OC)c2)cc1. The van der Waals surface area contributed by atoms with Crippen molar-refractivity contribution in [3.63, 3.8) is 0 Å². The number of benzene rings is 2. The first-order valence-electron chi connectivity index (χ1n) is 7.35. The largest absolute Gasteiger partial charge is 0.494 e. The third kappa shape index (κ3) is 4.36. The summed E-state index contributed by atoms with van der Waals surface area (Å²) in [6.07, 6.45) is 3.31. The van der Waals surface area contributed by atoms with E-state index in [1.54, 1.807) is 38.5 Å². The number of carbonyl (C=O) groups excluding carboxylic acids is 1. The van der Waals surface area contributed by atoms with Gasteiger partial charge in [0.05, 0.1) is 20.8 Å². The highest BCUT2D eigenvalue weighted by atomic mass is 16.5. The molecule has 0 saturated heterocycles. The molecular weight excluding hydrogens is 292 g/mol. The van der Waals surface area contributed by atoms with Crippen LogP contribution in [0.15, 0.2) is 48.5 Å². The van der Waals surface area contributed by atoms with Crippen LogP contribution in [0.4, 0.5) is 0 Å². The van der Waals surface area contributed by atoms with Crippen LogP contribution in [0.5, 0.6) is 17.2 Å². The van der Waals surface area contributed by atoms with E-state index in [0.29, 0.717) is 23.7 Å². The molecule has 0 N–H and O–H groups in total. The Morgan fingerprint density at radius 3 is 2.30 bits per heavy atom. The topological polar surface area (TPSA) is 44.8 Å². The Bertz CT molecular complexity index is 687. The van der Waals surface area contributed by atoms with E-state index in [-0.39, 0.29) is 5.78 Å². The fourth-order valence-electron chi connectivity index (χ4n) is 2.10. The zero-order chi connectivity index (χ0) is 16.7. The van der Waals surface area contributed by atoms with Crippen LogP contribution in [0.2, 0.25) is 0 Å². The van der Waals surface area contributed by atoms with Gasteiger partial charge in [-0.15, -0.1) is 0 Å². The Morgan fingerprint density at radius 1 is 1.00 bits per heavy atom. The Kier molecular flexibility index (Phi) is 5.80. The molecule has 2 aromatic rings. The summed E-state index contributed by atoms with van der Waals surface area (Å²) in [4.78, 5) is 12.2. The van der Waals surface area contributed by atoms with Gasteiger partial charge in [0.25, 0.3) is 0 Å². The number of ether oxygens (including phenoxy) is 3. The number of rotatable bonds is 7. The average Bonchev–Trinajstić information content (AvgIpc) is 2.60. The van der Waals surface area contributed by atoms with Crippen molar-refractivity contribution < 1.29 is 19.0 Å². The molecule has 0 amide bonds. The molecule has 2 aromatic carbocycles. The molecule has 23 heavy (non-hydrogen) atoms. The van der Waals surface area contributed by atoms with E-state index in [0.717, 1.165) is 11.3 Å². The zero-order valence-electron chi connectivity index (χ0n) is 13.5. The van der Waals surface area contributed by atoms with Crippen LogP contribution >= 0.6 is 0 Å². The number of hydrogen-bond donors (Lipinski definition) is 0. The molecule has 4 heteroatoms. The van der Waals surface area contributed by atoms with Gasteiger partial charge in [-0.05, 0) is 48.9 Å². The summed E-state index contributed by atoms with van der Waals surface area (Å²) in [5, 5.41) is 0. The third-order valence-corrected chi connectivity index (χ3v) is 3.29. The van der Waals surface area contributed by atoms with Crippen molar-refractivity contribution in [2.45, 2.75) is 6.92 Å². The van der Waals surface area contributed by atoms with E-state index in [1.165, 1.54) is 6.08 Å². The van der Waals surface area contributed by atoms with E-state index < -0.39 is 0 Å². The summed E-state index contributed by atoms with van der Waals surface area (Å²) in [5.74, 6) is 1.85. The van der Waals surface area contributed by atoms with Gasteiger partial charge in [0.1, 0.15) is 5.75 Å². The Morgan fingerprint density at radius 2 is 1.70 bits per heavy atom. The predicted molar refractivity (Wildman–Crippen MR) is 90.5 cm³/mol. The summed E-state index contributed by atoms with van der Waals surface area (Å²) in [6, 6.07) is 12.7. The van der Waals surface area contributed by atoms with Crippen LogP contribution in [0, 0.1) is 0 Å². The van der Waals surface area contributed by atoms with Crippen LogP contribution < -0.4 is 14.2 Å². The number of allylic oxidation sites excluding steroid dienone is 1. The maximum absolute atomic E-state index is 12.2. The predicted octanol–water partition coefficient (Wildman–Crippen LogP) is 4.00. The molecule has 0 saturated carbocycles. The molecule has 0 aliphatic rings. The Balaban J connectivity index is 2.11. The van der Waals surface area contributed by atoms with Crippen LogP contribution in [-0.2, 0) is 0 Å². The highest BCUT2D eigenvalue weighted by Gasteiger charge is 2.08. The zero-order valence-corrected chi connectivity index (χ0v) is 13.5. The molecule has 0 radical (unpaired) electrons. The van der Waals surface area contributed by atoms with Crippen molar-refractivity contribution in [3.8, 4) is 17.2 Å². The minimum atomic E-state index is -0.0974. The fourth-order valence-corrected chi connectivity index (χ4v) is 2.10. The lowest BCUT2D eigenvalue weighted by molar-refractivity contribution is 0.104. The van der Waals surface area contributed by atoms with Crippen LogP contribution in [0.3, 0.4) is 0 Å². The molecule has 0 spiro atoms. The number of hydrogen-bond acceptors (Lipinski definition) is 4. The van der Waals surface area contributed by atoms with Crippen LogP contribution in [0.25, 0.3) is 6.08 Å². The maximum atomic E-state index is 12.2. The van der Waals surface area contributed by atoms with Gasteiger partial charge >= 0.3 is 0 Å². The van der Waals surface area contributed by atoms with Gasteiger partial charge in [0, 0.05) is 5.56 Å². The van der Waals surface area contributed by atoms with E-state index in [2.05, 4.69) is 0 Å². The lowest BCUT2D eigenvalue weighted by atomic mass is 10.1. The van der Waals surface area contributed by atoms with Gasteiger partial charge in [0.15, 0.2) is 17.3 Å².